The molecule has 4 rings (SSSR count). The molecule has 0 spiro atoms. The van der Waals surface area contributed by atoms with Crippen molar-refractivity contribution in [2.45, 2.75) is 53.0 Å². The van der Waals surface area contributed by atoms with Gasteiger partial charge in [-0.15, -0.1) is 0 Å². The van der Waals surface area contributed by atoms with Crippen molar-refractivity contribution in [3.8, 4) is 5.95 Å². The number of nitrogens with one attached hydrogen (secondary N) is 1. The van der Waals surface area contributed by atoms with Crippen LogP contribution in [0.25, 0.3) is 5.95 Å². The van der Waals surface area contributed by atoms with Crippen LogP contribution in [0, 0.1) is 27.7 Å². The molecule has 10 heteroatoms. The van der Waals surface area contributed by atoms with Crippen molar-refractivity contribution in [3.05, 3.63) is 52.4 Å². The molecule has 33 heavy (non-hydrogen) atoms. The van der Waals surface area contributed by atoms with Crippen LogP contribution in [-0.4, -0.2) is 65.4 Å². The predicted octanol–water partition coefficient (Wildman–Crippen LogP) is 1.59. The molecule has 0 aliphatic carbocycles. The summed E-state index contributed by atoms with van der Waals surface area (Å²) in [5.41, 5.74) is 4.90. The van der Waals surface area contributed by atoms with Crippen LogP contribution in [0.1, 0.15) is 51.5 Å². The normalized spacial score (nSPS) is 14.5. The second-order valence-electron chi connectivity index (χ2n) is 8.72. The quantitative estimate of drug-likeness (QED) is 0.632. The summed E-state index contributed by atoms with van der Waals surface area (Å²) in [6, 6.07) is 1.97. The van der Waals surface area contributed by atoms with E-state index in [1.54, 1.807) is 28.8 Å². The standard InChI is InChI=1S/C23H30N8O2/c1-14-10-15(2)26-23(25-14)31-17(4)20(16(3)28-31)11-21(32)30-8-6-19(7-9-30)27-22(33)18-12-24-29(5)13-18/h10,12-13,19H,6-9,11H2,1-5H3,(H,27,33). The highest BCUT2D eigenvalue weighted by Crippen LogP contribution is 2.19. The van der Waals surface area contributed by atoms with Crippen LogP contribution in [-0.2, 0) is 18.3 Å². The van der Waals surface area contributed by atoms with Crippen LogP contribution in [0.3, 0.4) is 0 Å². The smallest absolute Gasteiger partial charge is 0.254 e. The third-order valence-corrected chi connectivity index (χ3v) is 6.08. The van der Waals surface area contributed by atoms with Crippen LogP contribution in [0.5, 0.6) is 0 Å². The Labute approximate surface area is 193 Å². The summed E-state index contributed by atoms with van der Waals surface area (Å²) >= 11 is 0. The maximum atomic E-state index is 13.0. The zero-order chi connectivity index (χ0) is 23.7. The lowest BCUT2D eigenvalue weighted by Crippen LogP contribution is -2.47. The number of amides is 2. The first-order chi connectivity index (χ1) is 15.7. The molecular weight excluding hydrogens is 420 g/mol. The van der Waals surface area contributed by atoms with Crippen LogP contribution in [0.4, 0.5) is 0 Å². The van der Waals surface area contributed by atoms with Gasteiger partial charge in [0.25, 0.3) is 11.9 Å². The molecule has 0 atom stereocenters. The summed E-state index contributed by atoms with van der Waals surface area (Å²) in [5.74, 6) is 0.469. The minimum Gasteiger partial charge on any atom is -0.349 e. The first-order valence-corrected chi connectivity index (χ1v) is 11.2. The lowest BCUT2D eigenvalue weighted by atomic mass is 10.0. The van der Waals surface area contributed by atoms with E-state index < -0.39 is 0 Å². The Morgan fingerprint density at radius 3 is 2.36 bits per heavy atom. The van der Waals surface area contributed by atoms with E-state index in [9.17, 15) is 9.59 Å². The fourth-order valence-corrected chi connectivity index (χ4v) is 4.27. The molecule has 0 aromatic carbocycles. The van der Waals surface area contributed by atoms with Gasteiger partial charge in [-0.2, -0.15) is 10.2 Å². The molecule has 3 aromatic heterocycles. The number of carbonyl (C=O) groups is 2. The Balaban J connectivity index is 1.37. The summed E-state index contributed by atoms with van der Waals surface area (Å²) in [5, 5.41) is 11.7. The van der Waals surface area contributed by atoms with Gasteiger partial charge in [-0.1, -0.05) is 0 Å². The highest BCUT2D eigenvalue weighted by molar-refractivity contribution is 5.93. The van der Waals surface area contributed by atoms with Gasteiger partial charge in [0.2, 0.25) is 5.91 Å². The van der Waals surface area contributed by atoms with Gasteiger partial charge in [0.15, 0.2) is 0 Å². The van der Waals surface area contributed by atoms with Gasteiger partial charge in [-0.3, -0.25) is 14.3 Å². The van der Waals surface area contributed by atoms with E-state index in [2.05, 4.69) is 25.5 Å². The van der Waals surface area contributed by atoms with Crippen molar-refractivity contribution in [1.29, 1.82) is 0 Å². The SMILES string of the molecule is Cc1cc(C)nc(-n2nc(C)c(CC(=O)N3CCC(NC(=O)c4cnn(C)c4)CC3)c2C)n1. The first-order valence-electron chi connectivity index (χ1n) is 11.2. The maximum Gasteiger partial charge on any atom is 0.254 e. The molecular formula is C23H30N8O2. The number of aromatic nitrogens is 6. The third-order valence-electron chi connectivity index (χ3n) is 6.08. The lowest BCUT2D eigenvalue weighted by Gasteiger charge is -2.32. The van der Waals surface area contributed by atoms with Crippen LogP contribution < -0.4 is 5.32 Å². The van der Waals surface area contributed by atoms with Gasteiger partial charge in [0.05, 0.1) is 23.9 Å². The Morgan fingerprint density at radius 2 is 1.76 bits per heavy atom. The summed E-state index contributed by atoms with van der Waals surface area (Å²) in [6.07, 6.45) is 5.00. The number of piperidine rings is 1. The molecule has 1 fully saturated rings. The molecule has 0 saturated carbocycles. The van der Waals surface area contributed by atoms with Crippen molar-refractivity contribution < 1.29 is 9.59 Å². The van der Waals surface area contributed by atoms with Crippen molar-refractivity contribution in [1.82, 2.24) is 39.7 Å². The van der Waals surface area contributed by atoms with Crippen LogP contribution in [0.15, 0.2) is 18.5 Å². The molecule has 0 radical (unpaired) electrons. The Morgan fingerprint density at radius 1 is 1.09 bits per heavy atom. The van der Waals surface area contributed by atoms with E-state index in [0.29, 0.717) is 24.6 Å². The summed E-state index contributed by atoms with van der Waals surface area (Å²) < 4.78 is 3.33. The van der Waals surface area contributed by atoms with Crippen LogP contribution in [0.2, 0.25) is 0 Å². The highest BCUT2D eigenvalue weighted by atomic mass is 16.2. The topological polar surface area (TPSA) is 111 Å². The second-order valence-corrected chi connectivity index (χ2v) is 8.72. The second kappa shape index (κ2) is 9.13. The minimum atomic E-state index is -0.125. The Kier molecular flexibility index (Phi) is 6.26. The van der Waals surface area contributed by atoms with Gasteiger partial charge in [0, 0.05) is 55.0 Å². The largest absolute Gasteiger partial charge is 0.349 e. The van der Waals surface area contributed by atoms with E-state index in [1.807, 2.05) is 38.7 Å². The van der Waals surface area contributed by atoms with Crippen molar-refractivity contribution in [2.75, 3.05) is 13.1 Å². The van der Waals surface area contributed by atoms with Gasteiger partial charge in [-0.25, -0.2) is 14.6 Å². The first kappa shape index (κ1) is 22.6. The average Bonchev–Trinajstić information content (AvgIpc) is 3.32. The summed E-state index contributed by atoms with van der Waals surface area (Å²) in [4.78, 5) is 36.3. The third kappa shape index (κ3) is 4.94. The molecule has 2 amide bonds. The molecule has 1 aliphatic rings. The number of hydrogen-bond acceptors (Lipinski definition) is 6. The number of hydrogen-bond donors (Lipinski definition) is 1. The average molecular weight is 451 g/mol. The van der Waals surface area contributed by atoms with E-state index in [4.69, 9.17) is 0 Å². The minimum absolute atomic E-state index is 0.0506. The summed E-state index contributed by atoms with van der Waals surface area (Å²) in [7, 11) is 1.78. The fraction of sp³-hybridized carbons (Fsp3) is 0.478. The predicted molar refractivity (Wildman–Crippen MR) is 122 cm³/mol. The summed E-state index contributed by atoms with van der Waals surface area (Å²) in [6.45, 7) is 8.94. The number of likely N-dealkylation sites (tertiary alicyclic amines) is 1. The van der Waals surface area contributed by atoms with E-state index in [-0.39, 0.29) is 24.3 Å². The van der Waals surface area contributed by atoms with Gasteiger partial charge in [-0.05, 0) is 46.6 Å². The number of rotatable bonds is 5. The van der Waals surface area contributed by atoms with E-state index in [0.717, 1.165) is 41.2 Å². The van der Waals surface area contributed by atoms with Crippen LogP contribution >= 0.6 is 0 Å². The molecule has 1 saturated heterocycles. The molecule has 3 aromatic rings. The van der Waals surface area contributed by atoms with Gasteiger partial charge in [0.1, 0.15) is 0 Å². The van der Waals surface area contributed by atoms with E-state index >= 15 is 0 Å². The van der Waals surface area contributed by atoms with Crippen molar-refractivity contribution >= 4 is 11.8 Å². The van der Waals surface area contributed by atoms with Crippen molar-refractivity contribution in [2.24, 2.45) is 7.05 Å². The number of carbonyl (C=O) groups excluding carboxylic acids is 2. The number of nitrogens with zero attached hydrogens (tertiary/aromatic N) is 7. The number of aryl methyl sites for hydroxylation is 4. The molecule has 174 valence electrons. The fourth-order valence-electron chi connectivity index (χ4n) is 4.27. The highest BCUT2D eigenvalue weighted by Gasteiger charge is 2.26. The molecule has 10 nitrogen and oxygen atoms in total. The monoisotopic (exact) mass is 450 g/mol. The van der Waals surface area contributed by atoms with Crippen molar-refractivity contribution in [3.63, 3.8) is 0 Å². The zero-order valence-electron chi connectivity index (χ0n) is 19.8. The van der Waals surface area contributed by atoms with Gasteiger partial charge < -0.3 is 10.2 Å². The lowest BCUT2D eigenvalue weighted by molar-refractivity contribution is -0.131. The molecule has 1 N–H and O–H groups in total. The van der Waals surface area contributed by atoms with E-state index in [1.165, 1.54) is 0 Å². The molecule has 0 bridgehead atoms. The molecule has 4 heterocycles. The Hall–Kier alpha value is -3.56. The maximum absolute atomic E-state index is 13.0. The molecule has 1 aliphatic heterocycles. The molecule has 0 unspecified atom stereocenters. The zero-order valence-corrected chi connectivity index (χ0v) is 19.8. The Bertz CT molecular complexity index is 1170. The van der Waals surface area contributed by atoms with Gasteiger partial charge >= 0.3 is 0 Å².